The fourth-order valence-electron chi connectivity index (χ4n) is 3.60. The number of non-ortho nitro benzene ring substituents is 1. The molecule has 37 heavy (non-hydrogen) atoms. The molecule has 4 aromatic rings. The fourth-order valence-corrected chi connectivity index (χ4v) is 4.52. The number of hydrogen-bond donors (Lipinski definition) is 2. The number of amides is 2. The van der Waals surface area contributed by atoms with Crippen LogP contribution in [0.2, 0.25) is 0 Å². The zero-order chi connectivity index (χ0) is 26.4. The molecule has 1 atom stereocenters. The van der Waals surface area contributed by atoms with E-state index < -0.39 is 17.0 Å². The van der Waals surface area contributed by atoms with Crippen molar-refractivity contribution in [3.8, 4) is 5.69 Å². The van der Waals surface area contributed by atoms with Crippen molar-refractivity contribution >= 4 is 29.2 Å². The first-order chi connectivity index (χ1) is 17.8. The predicted molar refractivity (Wildman–Crippen MR) is 140 cm³/mol. The molecule has 0 aliphatic rings. The van der Waals surface area contributed by atoms with Crippen LogP contribution in [0.5, 0.6) is 0 Å². The number of hydrogen-bond acceptors (Lipinski definition) is 6. The van der Waals surface area contributed by atoms with E-state index in [4.69, 9.17) is 0 Å². The number of carbonyl (C=O) groups excluding carboxylic acids is 1. The van der Waals surface area contributed by atoms with Gasteiger partial charge >= 0.3 is 6.03 Å². The van der Waals surface area contributed by atoms with Gasteiger partial charge in [-0.1, -0.05) is 43.0 Å². The van der Waals surface area contributed by atoms with Crippen molar-refractivity contribution in [2.75, 3.05) is 5.32 Å². The molecule has 0 aliphatic carbocycles. The lowest BCUT2D eigenvalue weighted by Crippen LogP contribution is -2.32. The largest absolute Gasteiger partial charge is 0.328 e. The number of rotatable bonds is 9. The van der Waals surface area contributed by atoms with Gasteiger partial charge in [0.05, 0.1) is 11.0 Å². The zero-order valence-electron chi connectivity index (χ0n) is 20.2. The number of nitrogens with zero attached hydrogens (tertiary/aromatic N) is 4. The highest BCUT2D eigenvalue weighted by molar-refractivity contribution is 7.98. The quantitative estimate of drug-likeness (QED) is 0.158. The average molecular weight is 521 g/mol. The summed E-state index contributed by atoms with van der Waals surface area (Å²) >= 11 is 1.38. The molecule has 0 bridgehead atoms. The van der Waals surface area contributed by atoms with Gasteiger partial charge in [0.1, 0.15) is 5.82 Å². The summed E-state index contributed by atoms with van der Waals surface area (Å²) in [6.45, 7) is 3.84. The number of aryl methyl sites for hydroxylation is 1. The molecular formula is C26H25FN6O3S. The Labute approximate surface area is 217 Å². The Morgan fingerprint density at radius 2 is 1.68 bits per heavy atom. The molecule has 1 unspecified atom stereocenters. The number of halogens is 1. The number of benzene rings is 3. The third-order valence-electron chi connectivity index (χ3n) is 5.61. The Balaban J connectivity index is 1.56. The summed E-state index contributed by atoms with van der Waals surface area (Å²) < 4.78 is 15.0. The molecule has 3 aromatic carbocycles. The third-order valence-corrected chi connectivity index (χ3v) is 6.61. The van der Waals surface area contributed by atoms with Crippen molar-refractivity contribution < 1.29 is 14.1 Å². The molecule has 0 spiro atoms. The number of carbonyl (C=O) groups is 1. The Bertz CT molecular complexity index is 1380. The summed E-state index contributed by atoms with van der Waals surface area (Å²) in [4.78, 5) is 23.3. The van der Waals surface area contributed by atoms with Gasteiger partial charge in [0.15, 0.2) is 11.0 Å². The van der Waals surface area contributed by atoms with E-state index in [9.17, 15) is 19.3 Å². The molecule has 0 aliphatic heterocycles. The Morgan fingerprint density at radius 1 is 1.03 bits per heavy atom. The minimum Gasteiger partial charge on any atom is -0.328 e. The Kier molecular flexibility index (Phi) is 8.14. The molecular weight excluding hydrogens is 495 g/mol. The van der Waals surface area contributed by atoms with Gasteiger partial charge in [-0.25, -0.2) is 9.18 Å². The lowest BCUT2D eigenvalue weighted by molar-refractivity contribution is -0.384. The molecule has 9 nitrogen and oxygen atoms in total. The van der Waals surface area contributed by atoms with Crippen LogP contribution in [0.25, 0.3) is 5.69 Å². The number of anilines is 1. The number of urea groups is 1. The van der Waals surface area contributed by atoms with Crippen LogP contribution in [0.1, 0.15) is 36.8 Å². The SMILES string of the molecule is CCc1ccc(NC(=O)NC(C)c2nnc(SCc3ccc(F)cc3)n2-c2ccc([N+](=O)[O-])cc2)cc1. The number of nitro groups is 1. The van der Waals surface area contributed by atoms with E-state index in [2.05, 4.69) is 27.8 Å². The van der Waals surface area contributed by atoms with Crippen molar-refractivity contribution in [1.29, 1.82) is 0 Å². The minimum atomic E-state index is -0.544. The number of aromatic nitrogens is 3. The van der Waals surface area contributed by atoms with Crippen molar-refractivity contribution in [3.05, 3.63) is 106 Å². The maximum atomic E-state index is 13.3. The topological polar surface area (TPSA) is 115 Å². The summed E-state index contributed by atoms with van der Waals surface area (Å²) in [5, 5.41) is 26.0. The van der Waals surface area contributed by atoms with Gasteiger partial charge in [-0.2, -0.15) is 0 Å². The van der Waals surface area contributed by atoms with Crippen molar-refractivity contribution in [2.45, 2.75) is 37.2 Å². The molecule has 4 rings (SSSR count). The van der Waals surface area contributed by atoms with E-state index in [-0.39, 0.29) is 11.5 Å². The molecule has 2 N–H and O–H groups in total. The van der Waals surface area contributed by atoms with Gasteiger partial charge in [0.25, 0.3) is 5.69 Å². The first-order valence-electron chi connectivity index (χ1n) is 11.6. The van der Waals surface area contributed by atoms with Gasteiger partial charge in [-0.05, 0) is 60.9 Å². The molecule has 1 aromatic heterocycles. The van der Waals surface area contributed by atoms with Crippen LogP contribution < -0.4 is 10.6 Å². The van der Waals surface area contributed by atoms with E-state index >= 15 is 0 Å². The van der Waals surface area contributed by atoms with Gasteiger partial charge < -0.3 is 10.6 Å². The van der Waals surface area contributed by atoms with E-state index in [1.165, 1.54) is 41.6 Å². The Morgan fingerprint density at radius 3 is 2.30 bits per heavy atom. The van der Waals surface area contributed by atoms with E-state index in [1.807, 2.05) is 24.3 Å². The smallest absolute Gasteiger partial charge is 0.319 e. The van der Waals surface area contributed by atoms with Crippen LogP contribution in [0, 0.1) is 15.9 Å². The molecule has 2 amide bonds. The molecule has 0 saturated carbocycles. The summed E-state index contributed by atoms with van der Waals surface area (Å²) in [6.07, 6.45) is 0.906. The van der Waals surface area contributed by atoms with Crippen LogP contribution >= 0.6 is 11.8 Å². The van der Waals surface area contributed by atoms with Gasteiger partial charge in [0, 0.05) is 29.3 Å². The number of thioether (sulfide) groups is 1. The normalized spacial score (nSPS) is 11.6. The Hall–Kier alpha value is -4.25. The van der Waals surface area contributed by atoms with Crippen molar-refractivity contribution in [1.82, 2.24) is 20.1 Å². The second kappa shape index (κ2) is 11.7. The predicted octanol–water partition coefficient (Wildman–Crippen LogP) is 6.05. The van der Waals surface area contributed by atoms with Crippen LogP contribution in [0.3, 0.4) is 0 Å². The summed E-state index contributed by atoms with van der Waals surface area (Å²) in [6, 6.07) is 18.8. The monoisotopic (exact) mass is 520 g/mol. The van der Waals surface area contributed by atoms with E-state index in [1.54, 1.807) is 35.8 Å². The number of nitrogens with one attached hydrogen (secondary N) is 2. The third kappa shape index (κ3) is 6.50. The summed E-state index contributed by atoms with van der Waals surface area (Å²) in [5.41, 5.74) is 3.29. The van der Waals surface area contributed by atoms with Crippen molar-refractivity contribution in [2.24, 2.45) is 0 Å². The standard InChI is InChI=1S/C26H25FN6O3S/c1-3-18-6-10-21(11-7-18)29-25(34)28-17(2)24-30-31-26(37-16-19-4-8-20(27)9-5-19)32(24)22-12-14-23(15-13-22)33(35)36/h4-15,17H,3,16H2,1-2H3,(H2,28,29,34). The van der Waals surface area contributed by atoms with E-state index in [0.717, 1.165) is 12.0 Å². The van der Waals surface area contributed by atoms with Crippen LogP contribution in [0.15, 0.2) is 78.0 Å². The molecule has 11 heteroatoms. The maximum Gasteiger partial charge on any atom is 0.319 e. The highest BCUT2D eigenvalue weighted by Gasteiger charge is 2.22. The van der Waals surface area contributed by atoms with Crippen molar-refractivity contribution in [3.63, 3.8) is 0 Å². The molecule has 0 fully saturated rings. The highest BCUT2D eigenvalue weighted by Crippen LogP contribution is 2.28. The highest BCUT2D eigenvalue weighted by atomic mass is 32.2. The first-order valence-corrected chi connectivity index (χ1v) is 12.6. The average Bonchev–Trinajstić information content (AvgIpc) is 3.33. The van der Waals surface area contributed by atoms with Gasteiger partial charge in [-0.15, -0.1) is 10.2 Å². The lowest BCUT2D eigenvalue weighted by Gasteiger charge is -2.17. The van der Waals surface area contributed by atoms with E-state index in [0.29, 0.717) is 28.1 Å². The second-order valence-corrected chi connectivity index (χ2v) is 9.18. The van der Waals surface area contributed by atoms with Crippen LogP contribution in [-0.4, -0.2) is 25.7 Å². The lowest BCUT2D eigenvalue weighted by atomic mass is 10.1. The fraction of sp³-hybridized carbons (Fsp3) is 0.192. The van der Waals surface area contributed by atoms with Gasteiger partial charge in [0.2, 0.25) is 0 Å². The second-order valence-electron chi connectivity index (χ2n) is 8.24. The summed E-state index contributed by atoms with van der Waals surface area (Å²) in [7, 11) is 0. The maximum absolute atomic E-state index is 13.3. The molecule has 1 heterocycles. The first kappa shape index (κ1) is 25.8. The van der Waals surface area contributed by atoms with Crippen LogP contribution in [-0.2, 0) is 12.2 Å². The summed E-state index contributed by atoms with van der Waals surface area (Å²) in [5.74, 6) is 0.637. The minimum absolute atomic E-state index is 0.0430. The molecule has 0 saturated heterocycles. The zero-order valence-corrected chi connectivity index (χ0v) is 21.0. The van der Waals surface area contributed by atoms with Gasteiger partial charge in [-0.3, -0.25) is 14.7 Å². The molecule has 0 radical (unpaired) electrons. The van der Waals surface area contributed by atoms with Crippen LogP contribution in [0.4, 0.5) is 20.6 Å². The molecule has 190 valence electrons. The number of nitro benzene ring substituents is 1.